The van der Waals surface area contributed by atoms with Crippen LogP contribution in [0.4, 0.5) is 5.82 Å². The van der Waals surface area contributed by atoms with Gasteiger partial charge in [-0.3, -0.25) is 4.79 Å². The van der Waals surface area contributed by atoms with Crippen LogP contribution in [0, 0.1) is 0 Å². The van der Waals surface area contributed by atoms with Crippen molar-refractivity contribution in [1.82, 2.24) is 9.55 Å². The van der Waals surface area contributed by atoms with Gasteiger partial charge in [-0.15, -0.1) is 0 Å². The summed E-state index contributed by atoms with van der Waals surface area (Å²) in [4.78, 5) is 18.7. The Balaban J connectivity index is 1.97. The van der Waals surface area contributed by atoms with Crippen LogP contribution in [0.25, 0.3) is 0 Å². The molecule has 2 fully saturated rings. The van der Waals surface area contributed by atoms with E-state index in [1.54, 1.807) is 12.4 Å². The third-order valence-electron chi connectivity index (χ3n) is 3.71. The molecule has 1 aromatic rings. The van der Waals surface area contributed by atoms with E-state index in [0.29, 0.717) is 18.4 Å². The molecule has 5 heteroatoms. The summed E-state index contributed by atoms with van der Waals surface area (Å²) in [7, 11) is 0. The van der Waals surface area contributed by atoms with Gasteiger partial charge >= 0.3 is 0 Å². The lowest BCUT2D eigenvalue weighted by atomic mass is 10.2. The van der Waals surface area contributed by atoms with Crippen LogP contribution in [0.3, 0.4) is 0 Å². The smallest absolute Gasteiger partial charge is 0.293 e. The van der Waals surface area contributed by atoms with Gasteiger partial charge in [-0.2, -0.15) is 0 Å². The number of hydrogen-bond donors (Lipinski definition) is 1. The average Bonchev–Trinajstić information content (AvgIpc) is 3.07. The molecule has 1 atom stereocenters. The van der Waals surface area contributed by atoms with Crippen molar-refractivity contribution in [2.45, 2.75) is 37.8 Å². The van der Waals surface area contributed by atoms with Gasteiger partial charge in [-0.1, -0.05) is 0 Å². The van der Waals surface area contributed by atoms with E-state index in [0.717, 1.165) is 32.2 Å². The predicted molar refractivity (Wildman–Crippen MR) is 66.2 cm³/mol. The average molecular weight is 234 g/mol. The topological polar surface area (TPSA) is 64.2 Å². The van der Waals surface area contributed by atoms with E-state index in [-0.39, 0.29) is 11.6 Å². The molecule has 3 rings (SSSR count). The van der Waals surface area contributed by atoms with Crippen molar-refractivity contribution in [2.24, 2.45) is 5.73 Å². The van der Waals surface area contributed by atoms with Gasteiger partial charge in [0.15, 0.2) is 5.82 Å². The molecule has 5 nitrogen and oxygen atoms in total. The highest BCUT2D eigenvalue weighted by Gasteiger charge is 2.30. The van der Waals surface area contributed by atoms with Crippen LogP contribution in [0.5, 0.6) is 0 Å². The molecule has 0 bridgehead atoms. The van der Waals surface area contributed by atoms with Crippen LogP contribution in [0.2, 0.25) is 0 Å². The van der Waals surface area contributed by atoms with E-state index >= 15 is 0 Å². The fraction of sp³-hybridized carbons (Fsp3) is 0.667. The van der Waals surface area contributed by atoms with Crippen molar-refractivity contribution in [3.05, 3.63) is 22.7 Å². The molecule has 1 saturated carbocycles. The Morgan fingerprint density at radius 3 is 2.94 bits per heavy atom. The minimum Gasteiger partial charge on any atom is -0.348 e. The second-order valence-electron chi connectivity index (χ2n) is 4.92. The molecule has 2 aliphatic rings. The lowest BCUT2D eigenvalue weighted by Gasteiger charge is -2.24. The fourth-order valence-electron chi connectivity index (χ4n) is 2.61. The van der Waals surface area contributed by atoms with E-state index < -0.39 is 0 Å². The van der Waals surface area contributed by atoms with Gasteiger partial charge in [0.25, 0.3) is 5.56 Å². The van der Waals surface area contributed by atoms with Crippen LogP contribution in [-0.2, 0) is 0 Å². The Morgan fingerprint density at radius 1 is 1.41 bits per heavy atom. The van der Waals surface area contributed by atoms with E-state index in [4.69, 9.17) is 5.73 Å². The minimum absolute atomic E-state index is 0.0513. The Morgan fingerprint density at radius 2 is 2.24 bits per heavy atom. The van der Waals surface area contributed by atoms with E-state index in [1.807, 2.05) is 4.57 Å². The van der Waals surface area contributed by atoms with Crippen LogP contribution in [0.1, 0.15) is 31.7 Å². The van der Waals surface area contributed by atoms with Gasteiger partial charge in [-0.05, 0) is 25.7 Å². The largest absolute Gasteiger partial charge is 0.348 e. The first-order valence-electron chi connectivity index (χ1n) is 6.35. The third kappa shape index (κ3) is 1.84. The zero-order chi connectivity index (χ0) is 11.8. The summed E-state index contributed by atoms with van der Waals surface area (Å²) in [5.41, 5.74) is 5.79. The molecule has 2 N–H and O–H groups in total. The zero-order valence-corrected chi connectivity index (χ0v) is 9.88. The number of anilines is 1. The molecule has 0 spiro atoms. The van der Waals surface area contributed by atoms with Gasteiger partial charge in [0.05, 0.1) is 0 Å². The van der Waals surface area contributed by atoms with Crippen LogP contribution in [0.15, 0.2) is 17.2 Å². The Labute approximate surface area is 100 Å². The molecule has 92 valence electrons. The maximum absolute atomic E-state index is 12.3. The van der Waals surface area contributed by atoms with Crippen molar-refractivity contribution in [3.8, 4) is 0 Å². The number of aromatic nitrogens is 2. The summed E-state index contributed by atoms with van der Waals surface area (Å²) < 4.78 is 1.83. The number of nitrogens with two attached hydrogens (primary N) is 1. The molecule has 0 aromatic carbocycles. The molecule has 0 amide bonds. The van der Waals surface area contributed by atoms with E-state index in [9.17, 15) is 4.79 Å². The minimum atomic E-state index is 0.0513. The summed E-state index contributed by atoms with van der Waals surface area (Å²) in [6.07, 6.45) is 7.93. The second kappa shape index (κ2) is 4.14. The standard InChI is InChI=1S/C12H18N4O/c13-8-10-2-1-6-15(10)11-12(17)16(7-5-14-11)9-3-4-9/h5,7,9-10H,1-4,6,8,13H2. The van der Waals surface area contributed by atoms with Gasteiger partial charge in [-0.25, -0.2) is 4.98 Å². The molecule has 2 heterocycles. The quantitative estimate of drug-likeness (QED) is 0.827. The fourth-order valence-corrected chi connectivity index (χ4v) is 2.61. The summed E-state index contributed by atoms with van der Waals surface area (Å²) in [6.45, 7) is 1.50. The van der Waals surface area contributed by atoms with Crippen molar-refractivity contribution < 1.29 is 0 Å². The third-order valence-corrected chi connectivity index (χ3v) is 3.71. The lowest BCUT2D eigenvalue weighted by Crippen LogP contribution is -2.40. The van der Waals surface area contributed by atoms with Crippen molar-refractivity contribution in [2.75, 3.05) is 18.0 Å². The van der Waals surface area contributed by atoms with Crippen LogP contribution >= 0.6 is 0 Å². The number of rotatable bonds is 3. The first-order chi connectivity index (χ1) is 8.31. The maximum atomic E-state index is 12.3. The Hall–Kier alpha value is -1.36. The lowest BCUT2D eigenvalue weighted by molar-refractivity contribution is 0.648. The second-order valence-corrected chi connectivity index (χ2v) is 4.92. The van der Waals surface area contributed by atoms with Crippen molar-refractivity contribution in [3.63, 3.8) is 0 Å². The van der Waals surface area contributed by atoms with Crippen LogP contribution in [-0.4, -0.2) is 28.7 Å². The summed E-state index contributed by atoms with van der Waals surface area (Å²) in [5.74, 6) is 0.590. The molecule has 1 aromatic heterocycles. The normalized spacial score (nSPS) is 24.3. The monoisotopic (exact) mass is 234 g/mol. The number of hydrogen-bond acceptors (Lipinski definition) is 4. The van der Waals surface area contributed by atoms with Crippen molar-refractivity contribution in [1.29, 1.82) is 0 Å². The summed E-state index contributed by atoms with van der Waals surface area (Å²) >= 11 is 0. The highest BCUT2D eigenvalue weighted by Crippen LogP contribution is 2.33. The molecular formula is C12H18N4O. The molecule has 1 saturated heterocycles. The SMILES string of the molecule is NCC1CCCN1c1nccn(C2CC2)c1=O. The highest BCUT2D eigenvalue weighted by molar-refractivity contribution is 5.39. The zero-order valence-electron chi connectivity index (χ0n) is 9.88. The molecule has 1 aliphatic heterocycles. The van der Waals surface area contributed by atoms with Crippen LogP contribution < -0.4 is 16.2 Å². The molecule has 1 unspecified atom stereocenters. The summed E-state index contributed by atoms with van der Waals surface area (Å²) in [6, 6.07) is 0.688. The first-order valence-corrected chi connectivity index (χ1v) is 6.35. The van der Waals surface area contributed by atoms with Gasteiger partial charge < -0.3 is 15.2 Å². The van der Waals surface area contributed by atoms with E-state index in [1.165, 1.54) is 0 Å². The molecule has 17 heavy (non-hydrogen) atoms. The Bertz CT molecular complexity index is 466. The predicted octanol–water partition coefficient (Wildman–Crippen LogP) is 0.506. The Kier molecular flexibility index (Phi) is 2.63. The van der Waals surface area contributed by atoms with Crippen molar-refractivity contribution >= 4 is 5.82 Å². The van der Waals surface area contributed by atoms with Gasteiger partial charge in [0, 0.05) is 37.6 Å². The highest BCUT2D eigenvalue weighted by atomic mass is 16.1. The molecular weight excluding hydrogens is 216 g/mol. The molecule has 0 radical (unpaired) electrons. The molecule has 1 aliphatic carbocycles. The van der Waals surface area contributed by atoms with Gasteiger partial charge in [0.2, 0.25) is 0 Å². The number of nitrogens with zero attached hydrogens (tertiary/aromatic N) is 3. The van der Waals surface area contributed by atoms with Gasteiger partial charge in [0.1, 0.15) is 0 Å². The van der Waals surface area contributed by atoms with E-state index in [2.05, 4.69) is 9.88 Å². The first kappa shape index (κ1) is 10.8. The maximum Gasteiger partial charge on any atom is 0.293 e. The summed E-state index contributed by atoms with van der Waals surface area (Å²) in [5, 5.41) is 0.